The lowest BCUT2D eigenvalue weighted by Gasteiger charge is -1.97. The lowest BCUT2D eigenvalue weighted by molar-refractivity contribution is 0.109. The number of hydrogen-bond acceptors (Lipinski definition) is 2. The fourth-order valence-electron chi connectivity index (χ4n) is 0.782. The van der Waals surface area contributed by atoms with Gasteiger partial charge in [-0.15, -0.1) is 0 Å². The van der Waals surface area contributed by atoms with Crippen LogP contribution in [0.1, 0.15) is 20.7 Å². The molecule has 0 aromatic heterocycles. The van der Waals surface area contributed by atoms with Gasteiger partial charge in [-0.25, -0.2) is 8.78 Å². The molecule has 62 valence electrons. The van der Waals surface area contributed by atoms with E-state index in [1.54, 1.807) is 0 Å². The Hall–Kier alpha value is -1.58. The maximum atomic E-state index is 12.4. The van der Waals surface area contributed by atoms with Crippen molar-refractivity contribution < 1.29 is 18.4 Å². The molecule has 0 unspecified atom stereocenters. The van der Waals surface area contributed by atoms with Gasteiger partial charge in [0.25, 0.3) is 0 Å². The summed E-state index contributed by atoms with van der Waals surface area (Å²) in [5.74, 6) is -2.27. The summed E-state index contributed by atoms with van der Waals surface area (Å²) in [6.45, 7) is 0. The third-order valence-electron chi connectivity index (χ3n) is 1.38. The quantitative estimate of drug-likeness (QED) is 0.631. The van der Waals surface area contributed by atoms with Gasteiger partial charge < -0.3 is 0 Å². The number of rotatable bonds is 2. The first-order valence-electron chi connectivity index (χ1n) is 3.08. The predicted octanol–water partition coefficient (Wildman–Crippen LogP) is 1.59. The summed E-state index contributed by atoms with van der Waals surface area (Å²) in [5.41, 5.74) is -0.298. The van der Waals surface area contributed by atoms with Crippen molar-refractivity contribution in [3.63, 3.8) is 0 Å². The largest absolute Gasteiger partial charge is 0.298 e. The molecule has 0 atom stereocenters. The molecule has 0 fully saturated rings. The van der Waals surface area contributed by atoms with Crippen LogP contribution >= 0.6 is 0 Å². The van der Waals surface area contributed by atoms with Crippen LogP contribution in [0.2, 0.25) is 0 Å². The highest BCUT2D eigenvalue weighted by atomic mass is 19.2. The highest BCUT2D eigenvalue weighted by molar-refractivity contribution is 5.90. The van der Waals surface area contributed by atoms with Crippen LogP contribution in [0.15, 0.2) is 12.1 Å². The van der Waals surface area contributed by atoms with E-state index >= 15 is 0 Å². The maximum Gasteiger partial charge on any atom is 0.159 e. The van der Waals surface area contributed by atoms with Gasteiger partial charge in [0.2, 0.25) is 0 Å². The molecule has 1 aromatic carbocycles. The van der Waals surface area contributed by atoms with E-state index in [9.17, 15) is 18.4 Å². The van der Waals surface area contributed by atoms with E-state index in [0.717, 1.165) is 0 Å². The van der Waals surface area contributed by atoms with Crippen LogP contribution in [0.25, 0.3) is 0 Å². The van der Waals surface area contributed by atoms with Gasteiger partial charge >= 0.3 is 0 Å². The lowest BCUT2D eigenvalue weighted by atomic mass is 10.1. The molecule has 0 N–H and O–H groups in total. The molecule has 0 aliphatic carbocycles. The van der Waals surface area contributed by atoms with Crippen molar-refractivity contribution in [2.75, 3.05) is 0 Å². The molecular weight excluding hydrogens is 166 g/mol. The molecule has 0 saturated heterocycles. The maximum absolute atomic E-state index is 12.4. The lowest BCUT2D eigenvalue weighted by Crippen LogP contribution is -1.95. The zero-order chi connectivity index (χ0) is 9.14. The summed E-state index contributed by atoms with van der Waals surface area (Å²) < 4.78 is 24.9. The standard InChI is InChI=1S/C8H4F2O2/c9-7-1-5(3-11)6(4-12)2-8(7)10/h1-4H. The van der Waals surface area contributed by atoms with E-state index in [0.29, 0.717) is 24.7 Å². The van der Waals surface area contributed by atoms with E-state index < -0.39 is 11.6 Å². The average molecular weight is 170 g/mol. The van der Waals surface area contributed by atoms with Crippen molar-refractivity contribution in [1.82, 2.24) is 0 Å². The molecule has 0 heterocycles. The summed E-state index contributed by atoms with van der Waals surface area (Å²) in [5, 5.41) is 0. The number of benzene rings is 1. The first-order valence-corrected chi connectivity index (χ1v) is 3.08. The first kappa shape index (κ1) is 8.52. The van der Waals surface area contributed by atoms with Gasteiger partial charge in [-0.05, 0) is 12.1 Å². The van der Waals surface area contributed by atoms with Crippen LogP contribution in [0.5, 0.6) is 0 Å². The van der Waals surface area contributed by atoms with Crippen molar-refractivity contribution in [3.8, 4) is 0 Å². The van der Waals surface area contributed by atoms with Crippen LogP contribution in [0.4, 0.5) is 8.78 Å². The molecule has 0 aliphatic rings. The normalized spacial score (nSPS) is 9.50. The summed E-state index contributed by atoms with van der Waals surface area (Å²) in [6.07, 6.45) is 0.596. The van der Waals surface area contributed by atoms with E-state index in [1.165, 1.54) is 0 Å². The Morgan fingerprint density at radius 3 is 1.50 bits per heavy atom. The van der Waals surface area contributed by atoms with Crippen LogP contribution in [-0.2, 0) is 0 Å². The van der Waals surface area contributed by atoms with Crippen molar-refractivity contribution in [2.24, 2.45) is 0 Å². The highest BCUT2D eigenvalue weighted by Gasteiger charge is 2.07. The molecule has 0 bridgehead atoms. The van der Waals surface area contributed by atoms with Crippen molar-refractivity contribution in [3.05, 3.63) is 34.9 Å². The summed E-state index contributed by atoms with van der Waals surface area (Å²) in [7, 11) is 0. The van der Waals surface area contributed by atoms with Crippen molar-refractivity contribution in [2.45, 2.75) is 0 Å². The zero-order valence-corrected chi connectivity index (χ0v) is 5.88. The fourth-order valence-corrected chi connectivity index (χ4v) is 0.782. The Bertz CT molecular complexity index is 301. The summed E-state index contributed by atoms with van der Waals surface area (Å²) in [4.78, 5) is 20.4. The smallest absolute Gasteiger partial charge is 0.159 e. The average Bonchev–Trinajstić information content (AvgIpc) is 2.09. The van der Waals surface area contributed by atoms with E-state index in [2.05, 4.69) is 0 Å². The van der Waals surface area contributed by atoms with Crippen LogP contribution in [-0.4, -0.2) is 12.6 Å². The second-order valence-electron chi connectivity index (χ2n) is 2.13. The second kappa shape index (κ2) is 3.21. The molecule has 0 amide bonds. The minimum Gasteiger partial charge on any atom is -0.298 e. The van der Waals surface area contributed by atoms with Gasteiger partial charge in [0.1, 0.15) is 0 Å². The predicted molar refractivity (Wildman–Crippen MR) is 37.1 cm³/mol. The monoisotopic (exact) mass is 170 g/mol. The second-order valence-corrected chi connectivity index (χ2v) is 2.13. The minimum atomic E-state index is -1.14. The Morgan fingerprint density at radius 2 is 1.25 bits per heavy atom. The first-order chi connectivity index (χ1) is 5.69. The van der Waals surface area contributed by atoms with Crippen LogP contribution in [0, 0.1) is 11.6 Å². The van der Waals surface area contributed by atoms with Gasteiger partial charge in [0, 0.05) is 11.1 Å². The fraction of sp³-hybridized carbons (Fsp3) is 0. The Labute approximate surface area is 66.8 Å². The molecule has 1 aromatic rings. The molecule has 0 aliphatic heterocycles. The molecule has 12 heavy (non-hydrogen) atoms. The number of hydrogen-bond donors (Lipinski definition) is 0. The summed E-state index contributed by atoms with van der Waals surface area (Å²) in [6, 6.07) is 1.37. The summed E-state index contributed by atoms with van der Waals surface area (Å²) >= 11 is 0. The van der Waals surface area contributed by atoms with Gasteiger partial charge in [-0.1, -0.05) is 0 Å². The van der Waals surface area contributed by atoms with E-state index in [1.807, 2.05) is 0 Å². The molecule has 0 radical (unpaired) electrons. The molecular formula is C8H4F2O2. The number of carbonyl (C=O) groups is 2. The third-order valence-corrected chi connectivity index (χ3v) is 1.38. The number of carbonyl (C=O) groups excluding carboxylic acids is 2. The molecule has 2 nitrogen and oxygen atoms in total. The Morgan fingerprint density at radius 1 is 0.917 bits per heavy atom. The number of halogens is 2. The van der Waals surface area contributed by atoms with Gasteiger partial charge in [0.05, 0.1) is 0 Å². The van der Waals surface area contributed by atoms with Crippen LogP contribution < -0.4 is 0 Å². The SMILES string of the molecule is O=Cc1cc(F)c(F)cc1C=O. The molecule has 0 spiro atoms. The Balaban J connectivity index is 3.37. The van der Waals surface area contributed by atoms with Gasteiger partial charge in [-0.2, -0.15) is 0 Å². The van der Waals surface area contributed by atoms with Crippen molar-refractivity contribution in [1.29, 1.82) is 0 Å². The molecule has 1 rings (SSSR count). The Kier molecular flexibility index (Phi) is 2.28. The van der Waals surface area contributed by atoms with Gasteiger partial charge in [-0.3, -0.25) is 9.59 Å². The van der Waals surface area contributed by atoms with Gasteiger partial charge in [0.15, 0.2) is 24.2 Å². The van der Waals surface area contributed by atoms with Crippen molar-refractivity contribution >= 4 is 12.6 Å². The van der Waals surface area contributed by atoms with Crippen LogP contribution in [0.3, 0.4) is 0 Å². The minimum absolute atomic E-state index is 0.149. The third kappa shape index (κ3) is 1.37. The molecule has 0 saturated carbocycles. The molecule has 4 heteroatoms. The van der Waals surface area contributed by atoms with E-state index in [4.69, 9.17) is 0 Å². The van der Waals surface area contributed by atoms with E-state index in [-0.39, 0.29) is 11.1 Å². The number of aldehydes is 2. The zero-order valence-electron chi connectivity index (χ0n) is 5.88. The topological polar surface area (TPSA) is 34.1 Å². The highest BCUT2D eigenvalue weighted by Crippen LogP contribution is 2.11.